The molecule has 0 radical (unpaired) electrons. The third-order valence-electron chi connectivity index (χ3n) is 1.98. The monoisotopic (exact) mass is 262 g/mol. The van der Waals surface area contributed by atoms with Gasteiger partial charge in [0.2, 0.25) is 0 Å². The van der Waals surface area contributed by atoms with Crippen molar-refractivity contribution in [3.8, 4) is 0 Å². The molecule has 1 rings (SSSR count). The molecule has 0 amide bonds. The van der Waals surface area contributed by atoms with Crippen LogP contribution in [0.25, 0.3) is 0 Å². The Hall–Kier alpha value is 0.1000. The van der Waals surface area contributed by atoms with Crippen LogP contribution in [-0.2, 0) is 0 Å². The fourth-order valence-electron chi connectivity index (χ4n) is 1.26. The van der Waals surface area contributed by atoms with E-state index in [9.17, 15) is 0 Å². The normalized spacial score (nSPS) is 13.2. The quantitative estimate of drug-likeness (QED) is 0.856. The summed E-state index contributed by atoms with van der Waals surface area (Å²) in [6.07, 6.45) is 2.18. The molecule has 13 heavy (non-hydrogen) atoms. The molecule has 1 unspecified atom stereocenters. The molecule has 0 aliphatic rings. The van der Waals surface area contributed by atoms with E-state index in [1.165, 1.54) is 9.35 Å². The Bertz CT molecular complexity index is 250. The van der Waals surface area contributed by atoms with Gasteiger partial charge in [-0.15, -0.1) is 11.3 Å². The number of halogens is 1. The molecule has 0 saturated heterocycles. The Morgan fingerprint density at radius 3 is 2.92 bits per heavy atom. The van der Waals surface area contributed by atoms with Gasteiger partial charge in [0, 0.05) is 20.8 Å². The standard InChI is InChI=1S/C9H15BrN2S/c1-12-8(3-2-4-11)9-5-7(10)6-13-9/h5-6,8,12H,2-4,11H2,1H3. The van der Waals surface area contributed by atoms with Gasteiger partial charge in [-0.05, 0) is 48.4 Å². The van der Waals surface area contributed by atoms with Gasteiger partial charge in [0.1, 0.15) is 0 Å². The molecule has 0 aliphatic carbocycles. The summed E-state index contributed by atoms with van der Waals surface area (Å²) >= 11 is 5.24. The van der Waals surface area contributed by atoms with Crippen LogP contribution < -0.4 is 11.1 Å². The highest BCUT2D eigenvalue weighted by Crippen LogP contribution is 2.27. The maximum Gasteiger partial charge on any atom is 0.0413 e. The van der Waals surface area contributed by atoms with E-state index in [0.717, 1.165) is 19.4 Å². The highest BCUT2D eigenvalue weighted by Gasteiger charge is 2.10. The molecule has 0 aliphatic heterocycles. The summed E-state index contributed by atoms with van der Waals surface area (Å²) in [4.78, 5) is 1.38. The van der Waals surface area contributed by atoms with Crippen molar-refractivity contribution in [3.05, 3.63) is 20.8 Å². The van der Waals surface area contributed by atoms with Crippen LogP contribution in [-0.4, -0.2) is 13.6 Å². The lowest BCUT2D eigenvalue weighted by Gasteiger charge is -2.13. The lowest BCUT2D eigenvalue weighted by molar-refractivity contribution is 0.539. The minimum Gasteiger partial charge on any atom is -0.330 e. The lowest BCUT2D eigenvalue weighted by Crippen LogP contribution is -2.16. The maximum absolute atomic E-state index is 5.48. The van der Waals surface area contributed by atoms with Gasteiger partial charge in [-0.1, -0.05) is 0 Å². The highest BCUT2D eigenvalue weighted by molar-refractivity contribution is 9.10. The Labute approximate surface area is 91.7 Å². The first-order chi connectivity index (χ1) is 6.27. The number of thiophene rings is 1. The van der Waals surface area contributed by atoms with Gasteiger partial charge >= 0.3 is 0 Å². The van der Waals surface area contributed by atoms with Crippen molar-refractivity contribution in [1.82, 2.24) is 5.32 Å². The van der Waals surface area contributed by atoms with Crippen molar-refractivity contribution in [2.75, 3.05) is 13.6 Å². The Morgan fingerprint density at radius 1 is 1.69 bits per heavy atom. The second-order valence-electron chi connectivity index (χ2n) is 2.94. The summed E-state index contributed by atoms with van der Waals surface area (Å²) in [6, 6.07) is 2.63. The summed E-state index contributed by atoms with van der Waals surface area (Å²) < 4.78 is 1.17. The van der Waals surface area contributed by atoms with Gasteiger partial charge in [-0.2, -0.15) is 0 Å². The molecule has 0 aromatic carbocycles. The number of hydrogen-bond donors (Lipinski definition) is 2. The van der Waals surface area contributed by atoms with Crippen molar-refractivity contribution in [2.45, 2.75) is 18.9 Å². The van der Waals surface area contributed by atoms with Crippen molar-refractivity contribution >= 4 is 27.3 Å². The Morgan fingerprint density at radius 2 is 2.46 bits per heavy atom. The van der Waals surface area contributed by atoms with E-state index in [4.69, 9.17) is 5.73 Å². The predicted molar refractivity (Wildman–Crippen MR) is 62.1 cm³/mol. The van der Waals surface area contributed by atoms with Crippen molar-refractivity contribution in [3.63, 3.8) is 0 Å². The molecule has 1 aromatic heterocycles. The van der Waals surface area contributed by atoms with Crippen LogP contribution in [0.1, 0.15) is 23.8 Å². The zero-order chi connectivity index (χ0) is 9.68. The van der Waals surface area contributed by atoms with Crippen LogP contribution in [0.4, 0.5) is 0 Å². The fraction of sp³-hybridized carbons (Fsp3) is 0.556. The van der Waals surface area contributed by atoms with Crippen molar-refractivity contribution in [2.24, 2.45) is 5.73 Å². The van der Waals surface area contributed by atoms with E-state index in [1.54, 1.807) is 11.3 Å². The van der Waals surface area contributed by atoms with Crippen LogP contribution in [0.3, 0.4) is 0 Å². The van der Waals surface area contributed by atoms with Crippen molar-refractivity contribution < 1.29 is 0 Å². The van der Waals surface area contributed by atoms with Crippen LogP contribution in [0.5, 0.6) is 0 Å². The third kappa shape index (κ3) is 3.38. The van der Waals surface area contributed by atoms with E-state index in [0.29, 0.717) is 6.04 Å². The van der Waals surface area contributed by atoms with Gasteiger partial charge in [0.15, 0.2) is 0 Å². The van der Waals surface area contributed by atoms with E-state index in [1.807, 2.05) is 7.05 Å². The molecular formula is C9H15BrN2S. The molecule has 1 atom stereocenters. The smallest absolute Gasteiger partial charge is 0.0413 e. The average molecular weight is 263 g/mol. The molecule has 74 valence electrons. The Kier molecular flexibility index (Phi) is 4.94. The minimum absolute atomic E-state index is 0.458. The van der Waals surface area contributed by atoms with Gasteiger partial charge in [-0.3, -0.25) is 0 Å². The molecule has 2 nitrogen and oxygen atoms in total. The molecule has 0 saturated carbocycles. The van der Waals surface area contributed by atoms with Gasteiger partial charge in [0.25, 0.3) is 0 Å². The van der Waals surface area contributed by atoms with Crippen LogP contribution >= 0.6 is 27.3 Å². The van der Waals surface area contributed by atoms with E-state index >= 15 is 0 Å². The van der Waals surface area contributed by atoms with Gasteiger partial charge < -0.3 is 11.1 Å². The predicted octanol–water partition coefficient (Wildman–Crippen LogP) is 2.51. The van der Waals surface area contributed by atoms with E-state index in [-0.39, 0.29) is 0 Å². The van der Waals surface area contributed by atoms with Crippen molar-refractivity contribution in [1.29, 1.82) is 0 Å². The molecular weight excluding hydrogens is 248 g/mol. The van der Waals surface area contributed by atoms with E-state index in [2.05, 4.69) is 32.7 Å². The van der Waals surface area contributed by atoms with Crippen LogP contribution in [0.15, 0.2) is 15.9 Å². The molecule has 3 N–H and O–H groups in total. The minimum atomic E-state index is 0.458. The zero-order valence-electron chi connectivity index (χ0n) is 7.72. The van der Waals surface area contributed by atoms with Gasteiger partial charge in [0.05, 0.1) is 0 Å². The molecule has 0 bridgehead atoms. The summed E-state index contributed by atoms with van der Waals surface area (Å²) in [5.74, 6) is 0. The largest absolute Gasteiger partial charge is 0.330 e. The highest BCUT2D eigenvalue weighted by atomic mass is 79.9. The van der Waals surface area contributed by atoms with E-state index < -0.39 is 0 Å². The summed E-state index contributed by atoms with van der Waals surface area (Å²) in [6.45, 7) is 0.769. The SMILES string of the molecule is CNC(CCCN)c1cc(Br)cs1. The first-order valence-electron chi connectivity index (χ1n) is 4.39. The maximum atomic E-state index is 5.48. The molecule has 0 spiro atoms. The molecule has 4 heteroatoms. The summed E-state index contributed by atoms with van der Waals surface area (Å²) in [5, 5.41) is 5.41. The summed E-state index contributed by atoms with van der Waals surface area (Å²) in [5.41, 5.74) is 5.48. The third-order valence-corrected chi connectivity index (χ3v) is 3.78. The first kappa shape index (κ1) is 11.2. The lowest BCUT2D eigenvalue weighted by atomic mass is 10.1. The average Bonchev–Trinajstić information content (AvgIpc) is 2.54. The fourth-order valence-corrected chi connectivity index (χ4v) is 2.85. The number of nitrogens with one attached hydrogen (secondary N) is 1. The molecule has 1 aromatic rings. The number of hydrogen-bond acceptors (Lipinski definition) is 3. The van der Waals surface area contributed by atoms with Gasteiger partial charge in [-0.25, -0.2) is 0 Å². The molecule has 0 fully saturated rings. The Balaban J connectivity index is 2.56. The van der Waals surface area contributed by atoms with Crippen LogP contribution in [0, 0.1) is 0 Å². The first-order valence-corrected chi connectivity index (χ1v) is 6.06. The summed E-state index contributed by atoms with van der Waals surface area (Å²) in [7, 11) is 1.99. The number of nitrogens with two attached hydrogens (primary N) is 1. The zero-order valence-corrected chi connectivity index (χ0v) is 10.1. The molecule has 1 heterocycles. The topological polar surface area (TPSA) is 38.0 Å². The second kappa shape index (κ2) is 5.75. The number of rotatable bonds is 5. The second-order valence-corrected chi connectivity index (χ2v) is 4.80. The van der Waals surface area contributed by atoms with Crippen LogP contribution in [0.2, 0.25) is 0 Å².